The summed E-state index contributed by atoms with van der Waals surface area (Å²) in [7, 11) is 3.30. The molecule has 0 saturated carbocycles. The molecule has 0 heterocycles. The molecule has 1 aromatic carbocycles. The minimum atomic E-state index is 0.485. The van der Waals surface area contributed by atoms with E-state index in [1.54, 1.807) is 14.2 Å². The Balaban J connectivity index is 3.05. The van der Waals surface area contributed by atoms with Gasteiger partial charge in [-0.25, -0.2) is 0 Å². The van der Waals surface area contributed by atoms with E-state index < -0.39 is 0 Å². The number of halogens is 1. The Labute approximate surface area is 130 Å². The summed E-state index contributed by atoms with van der Waals surface area (Å²) in [4.78, 5) is 0. The molecule has 0 fully saturated rings. The van der Waals surface area contributed by atoms with Gasteiger partial charge in [-0.15, -0.1) is 0 Å². The fourth-order valence-corrected chi connectivity index (χ4v) is 2.25. The van der Waals surface area contributed by atoms with Crippen LogP contribution in [0.3, 0.4) is 0 Å². The van der Waals surface area contributed by atoms with Gasteiger partial charge in [0.05, 0.1) is 14.2 Å². The zero-order chi connectivity index (χ0) is 15.1. The Bertz CT molecular complexity index is 470. The van der Waals surface area contributed by atoms with Crippen molar-refractivity contribution >= 4 is 22.0 Å². The number of methoxy groups -OCH3 is 2. The Morgan fingerprint density at radius 2 is 1.85 bits per heavy atom. The Morgan fingerprint density at radius 1 is 1.25 bits per heavy atom. The van der Waals surface area contributed by atoms with E-state index in [1.165, 1.54) is 5.57 Å². The molecule has 0 amide bonds. The molecule has 0 atom stereocenters. The van der Waals surface area contributed by atoms with Crippen LogP contribution in [0.2, 0.25) is 0 Å². The second-order valence-corrected chi connectivity index (χ2v) is 5.77. The van der Waals surface area contributed by atoms with E-state index >= 15 is 0 Å². The van der Waals surface area contributed by atoms with Crippen molar-refractivity contribution in [3.05, 3.63) is 27.7 Å². The maximum atomic E-state index is 5.35. The van der Waals surface area contributed by atoms with Crippen LogP contribution in [0.25, 0.3) is 6.08 Å². The van der Waals surface area contributed by atoms with Gasteiger partial charge >= 0.3 is 0 Å². The van der Waals surface area contributed by atoms with Crippen LogP contribution in [0, 0.1) is 0 Å². The molecule has 0 saturated heterocycles. The van der Waals surface area contributed by atoms with Gasteiger partial charge in [0, 0.05) is 17.1 Å². The Morgan fingerprint density at radius 3 is 2.35 bits per heavy atom. The van der Waals surface area contributed by atoms with Crippen LogP contribution in [0.15, 0.2) is 22.2 Å². The van der Waals surface area contributed by atoms with E-state index in [4.69, 9.17) is 9.47 Å². The maximum absolute atomic E-state index is 5.35. The largest absolute Gasteiger partial charge is 0.493 e. The van der Waals surface area contributed by atoms with E-state index in [0.29, 0.717) is 6.04 Å². The molecule has 112 valence electrons. The predicted molar refractivity (Wildman–Crippen MR) is 88.7 cm³/mol. The summed E-state index contributed by atoms with van der Waals surface area (Å²) in [5.74, 6) is 1.48. The molecule has 0 aliphatic carbocycles. The normalized spacial score (nSPS) is 11.8. The fraction of sp³-hybridized carbons (Fsp3) is 0.500. The summed E-state index contributed by atoms with van der Waals surface area (Å²) < 4.78 is 11.7. The van der Waals surface area contributed by atoms with Gasteiger partial charge < -0.3 is 14.8 Å². The average Bonchev–Trinajstić information content (AvgIpc) is 2.44. The molecule has 0 aliphatic heterocycles. The molecule has 4 heteroatoms. The molecule has 0 unspecified atom stereocenters. The van der Waals surface area contributed by atoms with Gasteiger partial charge in [-0.3, -0.25) is 0 Å². The van der Waals surface area contributed by atoms with Gasteiger partial charge in [-0.1, -0.05) is 48.4 Å². The second kappa shape index (κ2) is 8.32. The molecule has 0 radical (unpaired) electrons. The molecule has 20 heavy (non-hydrogen) atoms. The zero-order valence-corrected chi connectivity index (χ0v) is 14.5. The van der Waals surface area contributed by atoms with E-state index in [2.05, 4.69) is 48.1 Å². The number of benzene rings is 1. The quantitative estimate of drug-likeness (QED) is 0.803. The van der Waals surface area contributed by atoms with Gasteiger partial charge in [0.1, 0.15) is 0 Å². The summed E-state index contributed by atoms with van der Waals surface area (Å²) in [6, 6.07) is 4.42. The molecule has 1 N–H and O–H groups in total. The monoisotopic (exact) mass is 341 g/mol. The van der Waals surface area contributed by atoms with Crippen LogP contribution in [0.4, 0.5) is 0 Å². The standard InChI is InChI=1S/C16H24BrNO2/c1-6-12(10-18-11(2)3)7-13-8-15(19-4)16(20-5)9-14(13)17/h7-9,11,18H,6,10H2,1-5H3. The maximum Gasteiger partial charge on any atom is 0.161 e. The second-order valence-electron chi connectivity index (χ2n) is 4.92. The minimum Gasteiger partial charge on any atom is -0.493 e. The molecule has 0 spiro atoms. The Kier molecular flexibility index (Phi) is 7.10. The highest BCUT2D eigenvalue weighted by atomic mass is 79.9. The van der Waals surface area contributed by atoms with Crippen molar-refractivity contribution in [2.24, 2.45) is 0 Å². The molecule has 1 aromatic rings. The molecule has 0 aliphatic rings. The van der Waals surface area contributed by atoms with Crippen LogP contribution < -0.4 is 14.8 Å². The van der Waals surface area contributed by atoms with Crippen LogP contribution in [-0.2, 0) is 0 Å². The van der Waals surface area contributed by atoms with Crippen LogP contribution in [-0.4, -0.2) is 26.8 Å². The lowest BCUT2D eigenvalue weighted by Crippen LogP contribution is -2.24. The number of hydrogen-bond acceptors (Lipinski definition) is 3. The molecule has 3 nitrogen and oxygen atoms in total. The molecule has 1 rings (SSSR count). The van der Waals surface area contributed by atoms with E-state index in [9.17, 15) is 0 Å². The van der Waals surface area contributed by atoms with Gasteiger partial charge in [-0.05, 0) is 24.1 Å². The van der Waals surface area contributed by atoms with Crippen molar-refractivity contribution in [1.82, 2.24) is 5.32 Å². The van der Waals surface area contributed by atoms with Crippen molar-refractivity contribution in [2.45, 2.75) is 33.2 Å². The van der Waals surface area contributed by atoms with Crippen LogP contribution in [0.1, 0.15) is 32.8 Å². The zero-order valence-electron chi connectivity index (χ0n) is 12.9. The van der Waals surface area contributed by atoms with Crippen molar-refractivity contribution < 1.29 is 9.47 Å². The topological polar surface area (TPSA) is 30.5 Å². The lowest BCUT2D eigenvalue weighted by Gasteiger charge is -2.13. The molecular weight excluding hydrogens is 318 g/mol. The van der Waals surface area contributed by atoms with E-state index in [0.717, 1.165) is 34.5 Å². The van der Waals surface area contributed by atoms with Gasteiger partial charge in [0.2, 0.25) is 0 Å². The lowest BCUT2D eigenvalue weighted by atomic mass is 10.1. The molecular formula is C16H24BrNO2. The number of nitrogens with one attached hydrogen (secondary N) is 1. The van der Waals surface area contributed by atoms with E-state index in [-0.39, 0.29) is 0 Å². The molecule has 0 bridgehead atoms. The smallest absolute Gasteiger partial charge is 0.161 e. The highest BCUT2D eigenvalue weighted by molar-refractivity contribution is 9.10. The molecule has 0 aromatic heterocycles. The SMILES string of the molecule is CCC(=Cc1cc(OC)c(OC)cc1Br)CNC(C)C. The first kappa shape index (κ1) is 17.1. The van der Waals surface area contributed by atoms with Crippen molar-refractivity contribution in [3.63, 3.8) is 0 Å². The highest BCUT2D eigenvalue weighted by Crippen LogP contribution is 2.34. The first-order chi connectivity index (χ1) is 9.51. The van der Waals surface area contributed by atoms with Crippen molar-refractivity contribution in [2.75, 3.05) is 20.8 Å². The first-order valence-electron chi connectivity index (χ1n) is 6.86. The fourth-order valence-electron chi connectivity index (χ4n) is 1.81. The van der Waals surface area contributed by atoms with Gasteiger partial charge in [0.15, 0.2) is 11.5 Å². The summed E-state index contributed by atoms with van der Waals surface area (Å²) in [6.45, 7) is 7.37. The summed E-state index contributed by atoms with van der Waals surface area (Å²) in [6.07, 6.45) is 3.21. The van der Waals surface area contributed by atoms with Gasteiger partial charge in [0.25, 0.3) is 0 Å². The first-order valence-corrected chi connectivity index (χ1v) is 7.65. The summed E-state index contributed by atoms with van der Waals surface area (Å²) in [5, 5.41) is 3.45. The summed E-state index contributed by atoms with van der Waals surface area (Å²) >= 11 is 3.59. The van der Waals surface area contributed by atoms with E-state index in [1.807, 2.05) is 12.1 Å². The third-order valence-corrected chi connectivity index (χ3v) is 3.74. The Hall–Kier alpha value is -1.00. The third kappa shape index (κ3) is 4.84. The number of rotatable bonds is 7. The van der Waals surface area contributed by atoms with Gasteiger partial charge in [-0.2, -0.15) is 0 Å². The highest BCUT2D eigenvalue weighted by Gasteiger charge is 2.09. The predicted octanol–water partition coefficient (Wildman–Crippen LogP) is 4.26. The van der Waals surface area contributed by atoms with Crippen molar-refractivity contribution in [3.8, 4) is 11.5 Å². The lowest BCUT2D eigenvalue weighted by molar-refractivity contribution is 0.354. The third-order valence-electron chi connectivity index (χ3n) is 3.05. The number of ether oxygens (including phenoxy) is 2. The van der Waals surface area contributed by atoms with Crippen molar-refractivity contribution in [1.29, 1.82) is 0 Å². The van der Waals surface area contributed by atoms with Crippen LogP contribution >= 0.6 is 15.9 Å². The average molecular weight is 342 g/mol. The number of hydrogen-bond donors (Lipinski definition) is 1. The minimum absolute atomic E-state index is 0.485. The van der Waals surface area contributed by atoms with Crippen LogP contribution in [0.5, 0.6) is 11.5 Å². The summed E-state index contributed by atoms with van der Waals surface area (Å²) in [5.41, 5.74) is 2.46.